The molecule has 0 aliphatic rings. The molecule has 0 radical (unpaired) electrons. The van der Waals surface area contributed by atoms with Crippen LogP contribution < -0.4 is 4.74 Å². The highest BCUT2D eigenvalue weighted by Crippen LogP contribution is 2.16. The second-order valence-corrected chi connectivity index (χ2v) is 5.59. The van der Waals surface area contributed by atoms with Crippen molar-refractivity contribution in [1.29, 1.82) is 0 Å². The minimum absolute atomic E-state index is 0.350. The van der Waals surface area contributed by atoms with E-state index in [0.717, 1.165) is 18.8 Å². The van der Waals surface area contributed by atoms with E-state index in [2.05, 4.69) is 43.7 Å². The summed E-state index contributed by atoms with van der Waals surface area (Å²) in [4.78, 5) is 1.40. The normalized spacial score (nSPS) is 10.6. The molecule has 0 fully saturated rings. The molecule has 0 saturated heterocycles. The van der Waals surface area contributed by atoms with Gasteiger partial charge in [0.05, 0.1) is 6.61 Å². The van der Waals surface area contributed by atoms with Crippen LogP contribution in [0.2, 0.25) is 0 Å². The van der Waals surface area contributed by atoms with Crippen LogP contribution in [0.15, 0.2) is 29.2 Å². The first-order chi connectivity index (χ1) is 6.74. The molecular formula is C12H19OS+. The van der Waals surface area contributed by atoms with Crippen LogP contribution in [-0.4, -0.2) is 19.1 Å². The number of hydrogen-bond acceptors (Lipinski definition) is 1. The number of rotatable bonds is 5. The minimum atomic E-state index is 0.350. The van der Waals surface area contributed by atoms with E-state index in [-0.39, 0.29) is 0 Å². The SMILES string of the molecule is CCCCOc1ccc([S+](C)C)cc1. The van der Waals surface area contributed by atoms with Crippen molar-refractivity contribution in [2.24, 2.45) is 0 Å². The summed E-state index contributed by atoms with van der Waals surface area (Å²) in [7, 11) is 0.350. The van der Waals surface area contributed by atoms with Gasteiger partial charge in [0.1, 0.15) is 18.3 Å². The zero-order chi connectivity index (χ0) is 10.4. The van der Waals surface area contributed by atoms with Crippen LogP contribution in [0.1, 0.15) is 19.8 Å². The molecule has 0 aliphatic carbocycles. The van der Waals surface area contributed by atoms with Gasteiger partial charge >= 0.3 is 0 Å². The highest BCUT2D eigenvalue weighted by Gasteiger charge is 2.06. The Balaban J connectivity index is 2.47. The first-order valence-electron chi connectivity index (χ1n) is 5.04. The number of benzene rings is 1. The monoisotopic (exact) mass is 211 g/mol. The summed E-state index contributed by atoms with van der Waals surface area (Å²) in [5, 5.41) is 0. The quantitative estimate of drug-likeness (QED) is 0.537. The van der Waals surface area contributed by atoms with Gasteiger partial charge in [0, 0.05) is 10.9 Å². The highest BCUT2D eigenvalue weighted by molar-refractivity contribution is 7.95. The third-order valence-electron chi connectivity index (χ3n) is 2.06. The van der Waals surface area contributed by atoms with Crippen LogP contribution in [0.25, 0.3) is 0 Å². The molecule has 0 unspecified atom stereocenters. The third kappa shape index (κ3) is 3.62. The van der Waals surface area contributed by atoms with E-state index in [1.54, 1.807) is 0 Å². The fourth-order valence-electron chi connectivity index (χ4n) is 1.14. The zero-order valence-electron chi connectivity index (χ0n) is 9.25. The van der Waals surface area contributed by atoms with Crippen molar-refractivity contribution in [2.45, 2.75) is 24.7 Å². The fraction of sp³-hybridized carbons (Fsp3) is 0.500. The van der Waals surface area contributed by atoms with E-state index in [0.29, 0.717) is 10.9 Å². The summed E-state index contributed by atoms with van der Waals surface area (Å²) in [6.07, 6.45) is 6.78. The van der Waals surface area contributed by atoms with Crippen LogP contribution in [0, 0.1) is 0 Å². The lowest BCUT2D eigenvalue weighted by molar-refractivity contribution is 0.309. The Morgan fingerprint density at radius 2 is 1.79 bits per heavy atom. The average Bonchev–Trinajstić information content (AvgIpc) is 2.19. The fourth-order valence-corrected chi connectivity index (χ4v) is 1.82. The molecule has 1 aromatic rings. The van der Waals surface area contributed by atoms with Crippen molar-refractivity contribution < 1.29 is 4.74 Å². The first-order valence-corrected chi connectivity index (χ1v) is 7.08. The van der Waals surface area contributed by atoms with Crippen molar-refractivity contribution in [2.75, 3.05) is 19.1 Å². The van der Waals surface area contributed by atoms with Crippen molar-refractivity contribution in [3.8, 4) is 5.75 Å². The van der Waals surface area contributed by atoms with Gasteiger partial charge in [-0.15, -0.1) is 0 Å². The molecule has 0 spiro atoms. The van der Waals surface area contributed by atoms with Crippen molar-refractivity contribution >= 4 is 10.9 Å². The summed E-state index contributed by atoms with van der Waals surface area (Å²) >= 11 is 0. The lowest BCUT2D eigenvalue weighted by Crippen LogP contribution is -1.98. The molecule has 78 valence electrons. The molecule has 2 heteroatoms. The van der Waals surface area contributed by atoms with E-state index < -0.39 is 0 Å². The summed E-state index contributed by atoms with van der Waals surface area (Å²) < 4.78 is 5.58. The van der Waals surface area contributed by atoms with Gasteiger partial charge in [-0.2, -0.15) is 0 Å². The Hall–Kier alpha value is -0.630. The zero-order valence-corrected chi connectivity index (χ0v) is 10.1. The molecule has 0 amide bonds. The minimum Gasteiger partial charge on any atom is -0.494 e. The summed E-state index contributed by atoms with van der Waals surface area (Å²) in [6, 6.07) is 8.45. The van der Waals surface area contributed by atoms with E-state index in [9.17, 15) is 0 Å². The Kier molecular flexibility index (Phi) is 4.88. The van der Waals surface area contributed by atoms with Crippen LogP contribution in [-0.2, 0) is 10.9 Å². The third-order valence-corrected chi connectivity index (χ3v) is 3.28. The Labute approximate surface area is 89.8 Å². The molecule has 1 aromatic carbocycles. The molecule has 0 saturated carbocycles. The molecule has 0 bridgehead atoms. The number of ether oxygens (including phenoxy) is 1. The van der Waals surface area contributed by atoms with Crippen LogP contribution in [0.4, 0.5) is 0 Å². The van der Waals surface area contributed by atoms with Crippen molar-refractivity contribution in [3.05, 3.63) is 24.3 Å². The number of hydrogen-bond donors (Lipinski definition) is 0. The van der Waals surface area contributed by atoms with Crippen LogP contribution >= 0.6 is 0 Å². The van der Waals surface area contributed by atoms with E-state index in [1.807, 2.05) is 0 Å². The largest absolute Gasteiger partial charge is 0.494 e. The van der Waals surface area contributed by atoms with Gasteiger partial charge in [-0.1, -0.05) is 13.3 Å². The molecule has 1 rings (SSSR count). The molecule has 0 aromatic heterocycles. The molecule has 14 heavy (non-hydrogen) atoms. The molecular weight excluding hydrogens is 192 g/mol. The summed E-state index contributed by atoms with van der Waals surface area (Å²) in [5.41, 5.74) is 0. The predicted molar refractivity (Wildman–Crippen MR) is 64.3 cm³/mol. The van der Waals surface area contributed by atoms with Gasteiger partial charge in [0.25, 0.3) is 0 Å². The summed E-state index contributed by atoms with van der Waals surface area (Å²) in [5.74, 6) is 0.993. The van der Waals surface area contributed by atoms with Gasteiger partial charge in [-0.3, -0.25) is 0 Å². The Morgan fingerprint density at radius 1 is 1.14 bits per heavy atom. The highest BCUT2D eigenvalue weighted by atomic mass is 32.2. The van der Waals surface area contributed by atoms with Gasteiger partial charge in [0.15, 0.2) is 4.90 Å². The van der Waals surface area contributed by atoms with Crippen LogP contribution in [0.3, 0.4) is 0 Å². The van der Waals surface area contributed by atoms with E-state index in [1.165, 1.54) is 11.3 Å². The van der Waals surface area contributed by atoms with Gasteiger partial charge in [-0.05, 0) is 30.7 Å². The smallest absolute Gasteiger partial charge is 0.154 e. The van der Waals surface area contributed by atoms with E-state index >= 15 is 0 Å². The van der Waals surface area contributed by atoms with Gasteiger partial charge in [0.2, 0.25) is 0 Å². The average molecular weight is 211 g/mol. The van der Waals surface area contributed by atoms with Crippen molar-refractivity contribution in [3.63, 3.8) is 0 Å². The lowest BCUT2D eigenvalue weighted by Gasteiger charge is -2.04. The predicted octanol–water partition coefficient (Wildman–Crippen LogP) is 3.10. The maximum absolute atomic E-state index is 5.58. The molecule has 0 heterocycles. The standard InChI is InChI=1S/C12H19OS/c1-4-5-10-13-11-6-8-12(9-7-11)14(2)3/h6-9H,4-5,10H2,1-3H3/q+1. The molecule has 0 atom stereocenters. The maximum atomic E-state index is 5.58. The molecule has 0 aliphatic heterocycles. The van der Waals surface area contributed by atoms with Gasteiger partial charge < -0.3 is 4.74 Å². The van der Waals surface area contributed by atoms with Crippen molar-refractivity contribution in [1.82, 2.24) is 0 Å². The van der Waals surface area contributed by atoms with Crippen LogP contribution in [0.5, 0.6) is 5.75 Å². The second-order valence-electron chi connectivity index (χ2n) is 3.49. The number of unbranched alkanes of at least 4 members (excludes halogenated alkanes) is 1. The van der Waals surface area contributed by atoms with E-state index in [4.69, 9.17) is 4.74 Å². The maximum Gasteiger partial charge on any atom is 0.154 e. The first kappa shape index (κ1) is 11.4. The second kappa shape index (κ2) is 5.97. The van der Waals surface area contributed by atoms with Gasteiger partial charge in [-0.25, -0.2) is 0 Å². The lowest BCUT2D eigenvalue weighted by atomic mass is 10.3. The summed E-state index contributed by atoms with van der Waals surface area (Å²) in [6.45, 7) is 3.01. The Bertz CT molecular complexity index is 254. The molecule has 0 N–H and O–H groups in total. The Morgan fingerprint density at radius 3 is 2.29 bits per heavy atom. The molecule has 1 nitrogen and oxygen atoms in total. The topological polar surface area (TPSA) is 9.23 Å².